The van der Waals surface area contributed by atoms with Crippen molar-refractivity contribution in [2.45, 2.75) is 0 Å². The Morgan fingerprint density at radius 3 is 1.35 bits per heavy atom. The Balaban J connectivity index is 1.49. The van der Waals surface area contributed by atoms with Gasteiger partial charge in [-0.05, 0) is 125 Å². The molecular formula is C46H24. The number of hydrogen-bond donors (Lipinski definition) is 0. The molecule has 0 aromatic heterocycles. The van der Waals surface area contributed by atoms with E-state index in [0.29, 0.717) is 0 Å². The first-order chi connectivity index (χ1) is 22.9. The Morgan fingerprint density at radius 1 is 0.217 bits per heavy atom. The van der Waals surface area contributed by atoms with Crippen molar-refractivity contribution in [3.8, 4) is 11.1 Å². The van der Waals surface area contributed by atoms with Gasteiger partial charge in [-0.25, -0.2) is 0 Å². The summed E-state index contributed by atoms with van der Waals surface area (Å²) in [7, 11) is 0. The molecule has 0 atom stereocenters. The largest absolute Gasteiger partial charge is 0.0622 e. The highest BCUT2D eigenvalue weighted by molar-refractivity contribution is 6.51. The molecule has 0 fully saturated rings. The topological polar surface area (TPSA) is 0 Å². The van der Waals surface area contributed by atoms with Gasteiger partial charge in [0.25, 0.3) is 0 Å². The molecule has 0 aliphatic heterocycles. The summed E-state index contributed by atoms with van der Waals surface area (Å²) in [5.74, 6) is 0. The van der Waals surface area contributed by atoms with Gasteiger partial charge in [-0.3, -0.25) is 0 Å². The summed E-state index contributed by atoms with van der Waals surface area (Å²) in [6, 6.07) is 54.9. The predicted molar refractivity (Wildman–Crippen MR) is 200 cm³/mol. The summed E-state index contributed by atoms with van der Waals surface area (Å²) in [6.07, 6.45) is 0. The minimum atomic E-state index is 1.27. The van der Waals surface area contributed by atoms with Crippen molar-refractivity contribution >= 4 is 108 Å². The van der Waals surface area contributed by atoms with Crippen molar-refractivity contribution in [3.63, 3.8) is 0 Å². The van der Waals surface area contributed by atoms with Crippen LogP contribution in [0, 0.1) is 0 Å². The van der Waals surface area contributed by atoms with Gasteiger partial charge < -0.3 is 0 Å². The third kappa shape index (κ3) is 2.58. The van der Waals surface area contributed by atoms with Crippen molar-refractivity contribution in [2.75, 3.05) is 0 Å². The van der Waals surface area contributed by atoms with Crippen molar-refractivity contribution in [3.05, 3.63) is 146 Å². The van der Waals surface area contributed by atoms with Gasteiger partial charge in [-0.2, -0.15) is 0 Å². The molecule has 0 aliphatic carbocycles. The Labute approximate surface area is 263 Å². The van der Waals surface area contributed by atoms with E-state index in [1.165, 1.54) is 119 Å². The van der Waals surface area contributed by atoms with E-state index in [0.717, 1.165) is 0 Å². The van der Waals surface area contributed by atoms with Crippen molar-refractivity contribution in [1.82, 2.24) is 0 Å². The second-order valence-electron chi connectivity index (χ2n) is 13.1. The van der Waals surface area contributed by atoms with E-state index in [1.54, 1.807) is 0 Å². The Bertz CT molecular complexity index is 3210. The zero-order valence-electron chi connectivity index (χ0n) is 24.9. The first kappa shape index (κ1) is 23.4. The summed E-state index contributed by atoms with van der Waals surface area (Å²) in [6.45, 7) is 0. The number of benzene rings is 10. The standard InChI is InChI=1S/C46H24/c1-2-10-27(11-3-1)39-33-22-9-23-35-41(33)45(46-32-20-7-15-26-14-6-19-31(38(26)32)44(39)46)34-21-8-16-28-24-36-29-17-4-12-25-13-5-18-30(37(25)29)42(36)43(35)40(28)34/h1-24H. The molecule has 12 rings (SSSR count). The molecule has 0 nitrogen and oxygen atoms in total. The molecule has 0 amide bonds. The van der Waals surface area contributed by atoms with Crippen molar-refractivity contribution in [2.24, 2.45) is 0 Å². The number of hydrogen-bond acceptors (Lipinski definition) is 0. The van der Waals surface area contributed by atoms with E-state index in [2.05, 4.69) is 146 Å². The van der Waals surface area contributed by atoms with Crippen LogP contribution in [0.5, 0.6) is 0 Å². The van der Waals surface area contributed by atoms with Gasteiger partial charge in [-0.1, -0.05) is 140 Å². The molecule has 0 spiro atoms. The molecule has 12 aromatic carbocycles. The Hall–Kier alpha value is -5.98. The number of fused-ring (bicyclic) bond motifs is 10. The molecule has 208 valence electrons. The van der Waals surface area contributed by atoms with Crippen molar-refractivity contribution in [1.29, 1.82) is 0 Å². The minimum absolute atomic E-state index is 1.27. The molecular weight excluding hydrogens is 553 g/mol. The molecule has 0 saturated heterocycles. The van der Waals surface area contributed by atoms with Gasteiger partial charge in [0.2, 0.25) is 0 Å². The maximum absolute atomic E-state index is 2.46. The molecule has 0 N–H and O–H groups in total. The number of rotatable bonds is 1. The zero-order valence-corrected chi connectivity index (χ0v) is 24.9. The second-order valence-corrected chi connectivity index (χ2v) is 13.1. The summed E-state index contributed by atoms with van der Waals surface area (Å²) in [5, 5.41) is 27.1. The van der Waals surface area contributed by atoms with Crippen molar-refractivity contribution < 1.29 is 0 Å². The van der Waals surface area contributed by atoms with Crippen LogP contribution in [-0.2, 0) is 0 Å². The lowest BCUT2D eigenvalue weighted by Crippen LogP contribution is -1.91. The highest BCUT2D eigenvalue weighted by Crippen LogP contribution is 2.55. The fourth-order valence-electron chi connectivity index (χ4n) is 9.42. The third-order valence-electron chi connectivity index (χ3n) is 11.0. The van der Waals surface area contributed by atoms with Gasteiger partial charge in [-0.15, -0.1) is 0 Å². The fraction of sp³-hybridized carbons (Fsp3) is 0. The van der Waals surface area contributed by atoms with Crippen LogP contribution in [0.15, 0.2) is 146 Å². The van der Waals surface area contributed by atoms with Crippen LogP contribution in [0.4, 0.5) is 0 Å². The summed E-state index contributed by atoms with van der Waals surface area (Å²) < 4.78 is 0. The second kappa shape index (κ2) is 7.99. The highest BCUT2D eigenvalue weighted by Gasteiger charge is 2.26. The molecule has 46 heavy (non-hydrogen) atoms. The molecule has 12 aromatic rings. The normalized spacial score (nSPS) is 12.8. The summed E-state index contributed by atoms with van der Waals surface area (Å²) in [5.41, 5.74) is 2.61. The van der Waals surface area contributed by atoms with E-state index < -0.39 is 0 Å². The third-order valence-corrected chi connectivity index (χ3v) is 11.0. The average Bonchev–Trinajstić information content (AvgIpc) is 3.62. The van der Waals surface area contributed by atoms with Gasteiger partial charge in [0.15, 0.2) is 0 Å². The zero-order chi connectivity index (χ0) is 29.7. The summed E-state index contributed by atoms with van der Waals surface area (Å²) in [4.78, 5) is 0. The first-order valence-corrected chi connectivity index (χ1v) is 16.2. The van der Waals surface area contributed by atoms with Crippen LogP contribution in [0.25, 0.3) is 119 Å². The first-order valence-electron chi connectivity index (χ1n) is 16.2. The van der Waals surface area contributed by atoms with Crippen LogP contribution >= 0.6 is 0 Å². The lowest BCUT2D eigenvalue weighted by molar-refractivity contribution is 1.69. The van der Waals surface area contributed by atoms with E-state index >= 15 is 0 Å². The van der Waals surface area contributed by atoms with E-state index in [4.69, 9.17) is 0 Å². The highest BCUT2D eigenvalue weighted by atomic mass is 14.3. The van der Waals surface area contributed by atoms with Crippen LogP contribution < -0.4 is 0 Å². The average molecular weight is 577 g/mol. The van der Waals surface area contributed by atoms with Gasteiger partial charge in [0.05, 0.1) is 0 Å². The minimum Gasteiger partial charge on any atom is -0.0622 e. The van der Waals surface area contributed by atoms with Gasteiger partial charge in [0.1, 0.15) is 0 Å². The molecule has 0 radical (unpaired) electrons. The molecule has 0 heterocycles. The van der Waals surface area contributed by atoms with Crippen LogP contribution in [0.2, 0.25) is 0 Å². The molecule has 0 aliphatic rings. The van der Waals surface area contributed by atoms with E-state index in [1.807, 2.05) is 0 Å². The van der Waals surface area contributed by atoms with E-state index in [-0.39, 0.29) is 0 Å². The lowest BCUT2D eigenvalue weighted by atomic mass is 9.82. The molecule has 0 unspecified atom stereocenters. The lowest BCUT2D eigenvalue weighted by Gasteiger charge is -2.20. The fourth-order valence-corrected chi connectivity index (χ4v) is 9.42. The summed E-state index contributed by atoms with van der Waals surface area (Å²) >= 11 is 0. The predicted octanol–water partition coefficient (Wildman–Crippen LogP) is 13.2. The van der Waals surface area contributed by atoms with Gasteiger partial charge in [0, 0.05) is 0 Å². The van der Waals surface area contributed by atoms with Gasteiger partial charge >= 0.3 is 0 Å². The monoisotopic (exact) mass is 576 g/mol. The van der Waals surface area contributed by atoms with E-state index in [9.17, 15) is 0 Å². The molecule has 0 saturated carbocycles. The smallest absolute Gasteiger partial charge is 0.000697 e. The van der Waals surface area contributed by atoms with Crippen LogP contribution in [-0.4, -0.2) is 0 Å². The molecule has 0 heteroatoms. The SMILES string of the molecule is c1ccc(-c2c3cccc4c3c(c3cccc5cc6c7cccc8cccc(c87)c6c4c53)c3c4cccc5cccc(c23)c54)cc1. The quantitative estimate of drug-likeness (QED) is 0.135. The van der Waals surface area contributed by atoms with Crippen LogP contribution in [0.1, 0.15) is 0 Å². The maximum Gasteiger partial charge on any atom is -0.000697 e. The Kier molecular flexibility index (Phi) is 4.07. The Morgan fingerprint density at radius 2 is 0.652 bits per heavy atom. The molecule has 0 bridgehead atoms. The maximum atomic E-state index is 2.46. The van der Waals surface area contributed by atoms with Crippen LogP contribution in [0.3, 0.4) is 0 Å².